The van der Waals surface area contributed by atoms with Crippen molar-refractivity contribution >= 4 is 22.6 Å². The number of fused-ring (bicyclic) bond motifs is 3. The first-order valence-corrected chi connectivity index (χ1v) is 11.2. The molecule has 182 valence electrons. The number of nitrogens with zero attached hydrogens (tertiary/aromatic N) is 1. The van der Waals surface area contributed by atoms with E-state index in [1.54, 1.807) is 49.4 Å². The summed E-state index contributed by atoms with van der Waals surface area (Å²) in [4.78, 5) is 36.1. The predicted molar refractivity (Wildman–Crippen MR) is 130 cm³/mol. The zero-order valence-corrected chi connectivity index (χ0v) is 19.5. The standard InChI is InChI=1S/C27H21NO8/c1-15-11-18(8-9-21(15)28(31)32)34-14-17-12-16(7-10-22(17)33-2)20-13-24(29)36-26-19-5-3-4-6-23(19)35-27(30)25(20)26/h3-12,20H,13-14H2,1-2H3/t20-/m0/s1. The van der Waals surface area contributed by atoms with E-state index in [1.807, 2.05) is 6.07 Å². The van der Waals surface area contributed by atoms with Crippen LogP contribution in [0.2, 0.25) is 0 Å². The van der Waals surface area contributed by atoms with Crippen molar-refractivity contribution in [1.82, 2.24) is 0 Å². The van der Waals surface area contributed by atoms with Crippen LogP contribution in [0.3, 0.4) is 0 Å². The minimum atomic E-state index is -0.576. The number of esters is 1. The summed E-state index contributed by atoms with van der Waals surface area (Å²) >= 11 is 0. The van der Waals surface area contributed by atoms with Crippen LogP contribution in [-0.4, -0.2) is 18.0 Å². The van der Waals surface area contributed by atoms with Gasteiger partial charge in [-0.2, -0.15) is 0 Å². The minimum absolute atomic E-state index is 0.0103. The second kappa shape index (κ2) is 9.18. The molecule has 0 aliphatic carbocycles. The lowest BCUT2D eigenvalue weighted by atomic mass is 9.86. The van der Waals surface area contributed by atoms with Crippen molar-refractivity contribution in [2.75, 3.05) is 7.11 Å². The quantitative estimate of drug-likeness (QED) is 0.161. The van der Waals surface area contributed by atoms with Gasteiger partial charge in [0.2, 0.25) is 0 Å². The van der Waals surface area contributed by atoms with E-state index in [9.17, 15) is 19.7 Å². The molecule has 9 nitrogen and oxygen atoms in total. The molecule has 5 rings (SSSR count). The Morgan fingerprint density at radius 2 is 1.89 bits per heavy atom. The van der Waals surface area contributed by atoms with Crippen LogP contribution in [0, 0.1) is 17.0 Å². The van der Waals surface area contributed by atoms with Crippen LogP contribution < -0.4 is 19.8 Å². The predicted octanol–water partition coefficient (Wildman–Crippen LogP) is 5.04. The van der Waals surface area contributed by atoms with Gasteiger partial charge in [0.15, 0.2) is 5.75 Å². The smallest absolute Gasteiger partial charge is 0.343 e. The van der Waals surface area contributed by atoms with Crippen LogP contribution in [0.5, 0.6) is 17.2 Å². The fourth-order valence-corrected chi connectivity index (χ4v) is 4.47. The van der Waals surface area contributed by atoms with Gasteiger partial charge in [-0.05, 0) is 48.9 Å². The monoisotopic (exact) mass is 487 g/mol. The van der Waals surface area contributed by atoms with Crippen LogP contribution in [-0.2, 0) is 11.4 Å². The summed E-state index contributed by atoms with van der Waals surface area (Å²) in [7, 11) is 1.53. The first-order valence-electron chi connectivity index (χ1n) is 11.2. The third-order valence-electron chi connectivity index (χ3n) is 6.20. The van der Waals surface area contributed by atoms with E-state index < -0.39 is 22.4 Å². The molecule has 0 N–H and O–H groups in total. The Morgan fingerprint density at radius 3 is 2.64 bits per heavy atom. The number of methoxy groups -OCH3 is 1. The van der Waals surface area contributed by atoms with E-state index in [0.717, 1.165) is 0 Å². The lowest BCUT2D eigenvalue weighted by Crippen LogP contribution is -2.26. The Morgan fingerprint density at radius 1 is 1.08 bits per heavy atom. The van der Waals surface area contributed by atoms with E-state index in [-0.39, 0.29) is 30.0 Å². The number of nitro groups is 1. The highest BCUT2D eigenvalue weighted by molar-refractivity contribution is 5.90. The van der Waals surface area contributed by atoms with Crippen LogP contribution in [0.4, 0.5) is 5.69 Å². The van der Waals surface area contributed by atoms with E-state index in [0.29, 0.717) is 39.2 Å². The maximum Gasteiger partial charge on any atom is 0.343 e. The van der Waals surface area contributed by atoms with Crippen molar-refractivity contribution in [1.29, 1.82) is 0 Å². The summed E-state index contributed by atoms with van der Waals surface area (Å²) in [5.41, 5.74) is 1.95. The Balaban J connectivity index is 1.51. The van der Waals surface area contributed by atoms with Crippen molar-refractivity contribution in [3.05, 3.63) is 103 Å². The minimum Gasteiger partial charge on any atom is -0.496 e. The molecular weight excluding hydrogens is 466 g/mol. The summed E-state index contributed by atoms with van der Waals surface area (Å²) < 4.78 is 22.4. The molecule has 0 radical (unpaired) electrons. The number of carbonyl (C=O) groups excluding carboxylic acids is 1. The number of hydrogen-bond donors (Lipinski definition) is 0. The van der Waals surface area contributed by atoms with Gasteiger partial charge in [0, 0.05) is 23.1 Å². The number of ether oxygens (including phenoxy) is 3. The summed E-state index contributed by atoms with van der Waals surface area (Å²) in [6.07, 6.45) is -0.0235. The molecular formula is C27H21NO8. The Labute approximate surface area is 205 Å². The largest absolute Gasteiger partial charge is 0.496 e. The molecule has 4 aromatic rings. The van der Waals surface area contributed by atoms with E-state index in [1.165, 1.54) is 19.2 Å². The van der Waals surface area contributed by atoms with Crippen molar-refractivity contribution in [2.45, 2.75) is 25.9 Å². The number of carbonyl (C=O) groups is 1. The summed E-state index contributed by atoms with van der Waals surface area (Å²) in [5, 5.41) is 11.6. The first kappa shape index (κ1) is 23.1. The fourth-order valence-electron chi connectivity index (χ4n) is 4.47. The van der Waals surface area contributed by atoms with Crippen LogP contribution in [0.15, 0.2) is 69.9 Å². The number of aryl methyl sites for hydroxylation is 1. The third-order valence-corrected chi connectivity index (χ3v) is 6.20. The number of hydrogen-bond acceptors (Lipinski definition) is 8. The third kappa shape index (κ3) is 4.15. The molecule has 0 unspecified atom stereocenters. The maximum absolute atomic E-state index is 12.9. The SMILES string of the molecule is COc1ccc([C@@H]2CC(=O)Oc3c2c(=O)oc2ccccc32)cc1COc1ccc([N+](=O)[O-])c(C)c1. The molecule has 9 heteroatoms. The molecule has 0 bridgehead atoms. The summed E-state index contributed by atoms with van der Waals surface area (Å²) in [6.45, 7) is 1.74. The highest BCUT2D eigenvalue weighted by atomic mass is 16.6. The average Bonchev–Trinajstić information content (AvgIpc) is 2.86. The van der Waals surface area contributed by atoms with Crippen LogP contribution >= 0.6 is 0 Å². The Bertz CT molecular complexity index is 1570. The van der Waals surface area contributed by atoms with Gasteiger partial charge >= 0.3 is 11.6 Å². The Hall–Kier alpha value is -4.66. The molecule has 0 amide bonds. The van der Waals surface area contributed by atoms with E-state index >= 15 is 0 Å². The number of rotatable bonds is 6. The second-order valence-electron chi connectivity index (χ2n) is 8.42. The lowest BCUT2D eigenvalue weighted by molar-refractivity contribution is -0.385. The summed E-state index contributed by atoms with van der Waals surface area (Å²) in [5.74, 6) is 0.218. The fraction of sp³-hybridized carbons (Fsp3) is 0.185. The van der Waals surface area contributed by atoms with Crippen LogP contribution in [0.25, 0.3) is 11.0 Å². The van der Waals surface area contributed by atoms with Crippen molar-refractivity contribution in [3.8, 4) is 17.2 Å². The van der Waals surface area contributed by atoms with Gasteiger partial charge in [0.1, 0.15) is 23.7 Å². The first-order chi connectivity index (χ1) is 17.4. The number of nitro benzene ring substituents is 1. The average molecular weight is 487 g/mol. The molecule has 1 atom stereocenters. The topological polar surface area (TPSA) is 118 Å². The highest BCUT2D eigenvalue weighted by Crippen LogP contribution is 2.41. The number of benzene rings is 3. The van der Waals surface area contributed by atoms with Gasteiger partial charge in [-0.1, -0.05) is 18.2 Å². The molecule has 2 heterocycles. The molecule has 3 aromatic carbocycles. The van der Waals surface area contributed by atoms with Gasteiger partial charge < -0.3 is 18.6 Å². The van der Waals surface area contributed by atoms with Crippen molar-refractivity contribution in [2.24, 2.45) is 0 Å². The van der Waals surface area contributed by atoms with E-state index in [4.69, 9.17) is 18.6 Å². The molecule has 0 saturated carbocycles. The molecule has 36 heavy (non-hydrogen) atoms. The second-order valence-corrected chi connectivity index (χ2v) is 8.42. The molecule has 1 aliphatic heterocycles. The zero-order chi connectivity index (χ0) is 25.4. The van der Waals surface area contributed by atoms with Crippen LogP contribution in [0.1, 0.15) is 34.6 Å². The summed E-state index contributed by atoms with van der Waals surface area (Å²) in [6, 6.07) is 16.8. The van der Waals surface area contributed by atoms with Gasteiger partial charge in [-0.3, -0.25) is 14.9 Å². The van der Waals surface area contributed by atoms with Gasteiger partial charge in [0.05, 0.1) is 29.4 Å². The zero-order valence-electron chi connectivity index (χ0n) is 19.5. The molecule has 1 aromatic heterocycles. The van der Waals surface area contributed by atoms with Gasteiger partial charge in [-0.25, -0.2) is 4.79 Å². The molecule has 0 saturated heterocycles. The molecule has 1 aliphatic rings. The number of para-hydroxylation sites is 1. The van der Waals surface area contributed by atoms with Crippen molar-refractivity contribution < 1.29 is 28.3 Å². The molecule has 0 spiro atoms. The maximum atomic E-state index is 12.9. The van der Waals surface area contributed by atoms with Gasteiger partial charge in [-0.15, -0.1) is 0 Å². The normalized spacial score (nSPS) is 14.7. The van der Waals surface area contributed by atoms with Crippen molar-refractivity contribution in [3.63, 3.8) is 0 Å². The van der Waals surface area contributed by atoms with E-state index in [2.05, 4.69) is 0 Å². The Kier molecular flexibility index (Phi) is 5.89. The van der Waals surface area contributed by atoms with Gasteiger partial charge in [0.25, 0.3) is 5.69 Å². The highest BCUT2D eigenvalue weighted by Gasteiger charge is 2.34. The lowest BCUT2D eigenvalue weighted by Gasteiger charge is -2.25. The molecule has 0 fully saturated rings.